The number of aromatic nitrogens is 1. The third-order valence-corrected chi connectivity index (χ3v) is 4.34. The molecule has 0 saturated carbocycles. The lowest BCUT2D eigenvalue weighted by Gasteiger charge is -2.11. The highest BCUT2D eigenvalue weighted by Gasteiger charge is 2.21. The number of benzene rings is 1. The van der Waals surface area contributed by atoms with Gasteiger partial charge in [-0.2, -0.15) is 13.7 Å². The van der Waals surface area contributed by atoms with E-state index in [1.54, 1.807) is 12.1 Å². The van der Waals surface area contributed by atoms with Crippen LogP contribution >= 0.6 is 15.9 Å². The first kappa shape index (κ1) is 15.2. The topological polar surface area (TPSA) is 121 Å². The van der Waals surface area contributed by atoms with Gasteiger partial charge in [0.2, 0.25) is 5.03 Å². The number of pyridine rings is 1. The van der Waals surface area contributed by atoms with Crippen molar-refractivity contribution in [3.63, 3.8) is 0 Å². The first-order valence-electron chi connectivity index (χ1n) is 5.62. The molecule has 0 unspecified atom stereocenters. The summed E-state index contributed by atoms with van der Waals surface area (Å²) in [4.78, 5) is 3.81. The minimum absolute atomic E-state index is 0.153. The largest absolute Gasteiger partial charge is 0.321 e. The highest BCUT2D eigenvalue weighted by molar-refractivity contribution is 9.10. The van der Waals surface area contributed by atoms with Gasteiger partial charge in [0.1, 0.15) is 6.07 Å². The molecule has 0 spiro atoms. The van der Waals surface area contributed by atoms with Gasteiger partial charge in [-0.25, -0.2) is 4.98 Å². The van der Waals surface area contributed by atoms with Crippen molar-refractivity contribution >= 4 is 37.3 Å². The number of hydrogen-bond donors (Lipinski definition) is 3. The zero-order valence-electron chi connectivity index (χ0n) is 10.5. The number of hydrogen-bond acceptors (Lipinski definition) is 6. The van der Waals surface area contributed by atoms with Crippen LogP contribution in [0.2, 0.25) is 0 Å². The van der Waals surface area contributed by atoms with E-state index in [2.05, 4.69) is 31.1 Å². The molecule has 1 heterocycles. The number of hydrazine groups is 1. The van der Waals surface area contributed by atoms with Crippen LogP contribution in [-0.4, -0.2) is 13.4 Å². The molecule has 0 fully saturated rings. The van der Waals surface area contributed by atoms with E-state index in [4.69, 9.17) is 11.1 Å². The van der Waals surface area contributed by atoms with Crippen LogP contribution in [0.15, 0.2) is 46.0 Å². The molecule has 0 bridgehead atoms. The number of anilines is 2. The lowest BCUT2D eigenvalue weighted by atomic mass is 10.2. The maximum atomic E-state index is 12.3. The standard InChI is InChI=1S/C12H10BrN5O2S/c13-9-3-4-10(8(6-9)7-14)18-21(19,20)12-11(17-15)2-1-5-16-12/h1-6,17-18H,15H2. The van der Waals surface area contributed by atoms with E-state index in [0.29, 0.717) is 4.47 Å². The van der Waals surface area contributed by atoms with E-state index in [0.717, 1.165) is 0 Å². The molecule has 0 radical (unpaired) electrons. The smallest absolute Gasteiger partial charge is 0.281 e. The fraction of sp³-hybridized carbons (Fsp3) is 0. The summed E-state index contributed by atoms with van der Waals surface area (Å²) < 4.78 is 27.7. The average molecular weight is 368 g/mol. The lowest BCUT2D eigenvalue weighted by Crippen LogP contribution is -2.19. The fourth-order valence-corrected chi connectivity index (χ4v) is 3.15. The summed E-state index contributed by atoms with van der Waals surface area (Å²) >= 11 is 3.22. The van der Waals surface area contributed by atoms with Crippen LogP contribution in [-0.2, 0) is 10.0 Å². The summed E-state index contributed by atoms with van der Waals surface area (Å²) in [5.41, 5.74) is 2.77. The van der Waals surface area contributed by atoms with E-state index in [-0.39, 0.29) is 22.0 Å². The molecule has 21 heavy (non-hydrogen) atoms. The van der Waals surface area contributed by atoms with Crippen LogP contribution in [0.3, 0.4) is 0 Å². The van der Waals surface area contributed by atoms with Crippen molar-refractivity contribution in [3.05, 3.63) is 46.6 Å². The molecule has 1 aromatic heterocycles. The second-order valence-corrected chi connectivity index (χ2v) is 6.42. The van der Waals surface area contributed by atoms with Gasteiger partial charge < -0.3 is 5.43 Å². The number of halogens is 1. The van der Waals surface area contributed by atoms with E-state index in [1.807, 2.05) is 6.07 Å². The normalized spacial score (nSPS) is 10.7. The molecule has 9 heteroatoms. The second kappa shape index (κ2) is 6.09. The van der Waals surface area contributed by atoms with Gasteiger partial charge in [-0.15, -0.1) is 0 Å². The molecule has 0 atom stereocenters. The predicted octanol–water partition coefficient (Wildman–Crippen LogP) is 1.80. The molecule has 0 aliphatic carbocycles. The van der Waals surface area contributed by atoms with Crippen LogP contribution in [0.1, 0.15) is 5.56 Å². The van der Waals surface area contributed by atoms with Gasteiger partial charge in [0.25, 0.3) is 10.0 Å². The molecule has 0 aliphatic rings. The Kier molecular flexibility index (Phi) is 4.42. The number of nitrogen functional groups attached to an aromatic ring is 1. The van der Waals surface area contributed by atoms with Crippen molar-refractivity contribution in [1.29, 1.82) is 5.26 Å². The number of nitrogens with two attached hydrogens (primary N) is 1. The highest BCUT2D eigenvalue weighted by Crippen LogP contribution is 2.25. The molecular formula is C12H10BrN5O2S. The SMILES string of the molecule is N#Cc1cc(Br)ccc1NS(=O)(=O)c1ncccc1NN. The van der Waals surface area contributed by atoms with Gasteiger partial charge in [0.05, 0.1) is 16.9 Å². The van der Waals surface area contributed by atoms with Gasteiger partial charge in [-0.3, -0.25) is 10.6 Å². The van der Waals surface area contributed by atoms with Crippen LogP contribution in [0.25, 0.3) is 0 Å². The maximum absolute atomic E-state index is 12.3. The number of rotatable bonds is 4. The molecular weight excluding hydrogens is 358 g/mol. The molecule has 0 aliphatic heterocycles. The Labute approximate surface area is 130 Å². The summed E-state index contributed by atoms with van der Waals surface area (Å²) in [7, 11) is -3.97. The average Bonchev–Trinajstić information content (AvgIpc) is 2.48. The van der Waals surface area contributed by atoms with Crippen LogP contribution in [0.4, 0.5) is 11.4 Å². The van der Waals surface area contributed by atoms with Crippen molar-refractivity contribution in [2.24, 2.45) is 5.84 Å². The van der Waals surface area contributed by atoms with Gasteiger partial charge in [-0.05, 0) is 30.3 Å². The highest BCUT2D eigenvalue weighted by atomic mass is 79.9. The lowest BCUT2D eigenvalue weighted by molar-refractivity contribution is 0.598. The minimum atomic E-state index is -3.97. The van der Waals surface area contributed by atoms with E-state index in [1.165, 1.54) is 24.4 Å². The summed E-state index contributed by atoms with van der Waals surface area (Å²) in [6, 6.07) is 9.57. The quantitative estimate of drug-likeness (QED) is 0.559. The van der Waals surface area contributed by atoms with Crippen LogP contribution < -0.4 is 16.0 Å². The zero-order valence-corrected chi connectivity index (χ0v) is 12.9. The van der Waals surface area contributed by atoms with Crippen molar-refractivity contribution < 1.29 is 8.42 Å². The third kappa shape index (κ3) is 3.30. The zero-order chi connectivity index (χ0) is 15.5. The molecule has 0 saturated heterocycles. The monoisotopic (exact) mass is 367 g/mol. The number of nitrogens with one attached hydrogen (secondary N) is 2. The molecule has 108 valence electrons. The third-order valence-electron chi connectivity index (χ3n) is 2.53. The molecule has 4 N–H and O–H groups in total. The summed E-state index contributed by atoms with van der Waals surface area (Å²) in [6.45, 7) is 0. The summed E-state index contributed by atoms with van der Waals surface area (Å²) in [6.07, 6.45) is 1.34. The predicted molar refractivity (Wildman–Crippen MR) is 81.7 cm³/mol. The van der Waals surface area contributed by atoms with Crippen molar-refractivity contribution in [2.75, 3.05) is 10.1 Å². The molecule has 7 nitrogen and oxygen atoms in total. The number of nitrogens with zero attached hydrogens (tertiary/aromatic N) is 2. The van der Waals surface area contributed by atoms with Gasteiger partial charge in [0.15, 0.2) is 0 Å². The Morgan fingerprint density at radius 1 is 1.29 bits per heavy atom. The molecule has 1 aromatic carbocycles. The van der Waals surface area contributed by atoms with E-state index in [9.17, 15) is 8.42 Å². The Morgan fingerprint density at radius 3 is 2.71 bits per heavy atom. The Morgan fingerprint density at radius 2 is 2.05 bits per heavy atom. The van der Waals surface area contributed by atoms with Crippen LogP contribution in [0, 0.1) is 11.3 Å². The molecule has 2 rings (SSSR count). The van der Waals surface area contributed by atoms with Gasteiger partial charge in [0, 0.05) is 10.7 Å². The van der Waals surface area contributed by atoms with E-state index < -0.39 is 10.0 Å². The van der Waals surface area contributed by atoms with Crippen LogP contribution in [0.5, 0.6) is 0 Å². The maximum Gasteiger partial charge on any atom is 0.281 e. The second-order valence-electron chi connectivity index (χ2n) is 3.91. The number of nitriles is 1. The molecule has 0 amide bonds. The van der Waals surface area contributed by atoms with Gasteiger partial charge in [-0.1, -0.05) is 15.9 Å². The van der Waals surface area contributed by atoms with Crippen molar-refractivity contribution in [1.82, 2.24) is 4.98 Å². The molecule has 2 aromatic rings. The first-order valence-corrected chi connectivity index (χ1v) is 7.89. The summed E-state index contributed by atoms with van der Waals surface area (Å²) in [5.74, 6) is 5.28. The Hall–Kier alpha value is -2.15. The first-order chi connectivity index (χ1) is 9.97. The summed E-state index contributed by atoms with van der Waals surface area (Å²) in [5, 5.41) is 8.81. The van der Waals surface area contributed by atoms with E-state index >= 15 is 0 Å². The Balaban J connectivity index is 2.46. The van der Waals surface area contributed by atoms with Crippen molar-refractivity contribution in [3.8, 4) is 6.07 Å². The van der Waals surface area contributed by atoms with Crippen molar-refractivity contribution in [2.45, 2.75) is 5.03 Å². The fourth-order valence-electron chi connectivity index (χ4n) is 1.61. The minimum Gasteiger partial charge on any atom is -0.321 e. The van der Waals surface area contributed by atoms with Gasteiger partial charge >= 0.3 is 0 Å². The number of sulfonamides is 1. The Bertz CT molecular complexity index is 817.